The van der Waals surface area contributed by atoms with E-state index in [0.29, 0.717) is 17.1 Å². The maximum atomic E-state index is 13.4. The molecule has 0 atom stereocenters. The second-order valence-electron chi connectivity index (χ2n) is 6.84. The summed E-state index contributed by atoms with van der Waals surface area (Å²) in [5.74, 6) is -0.0975. The Morgan fingerprint density at radius 3 is 2.27 bits per heavy atom. The van der Waals surface area contributed by atoms with Crippen LogP contribution in [0, 0.1) is 13.8 Å². The van der Waals surface area contributed by atoms with Gasteiger partial charge < -0.3 is 10.1 Å². The molecule has 0 aromatic heterocycles. The smallest absolute Gasteiger partial charge is 0.264 e. The summed E-state index contributed by atoms with van der Waals surface area (Å²) in [7, 11) is -2.54. The third-order valence-electron chi connectivity index (χ3n) is 4.76. The molecule has 0 radical (unpaired) electrons. The number of para-hydroxylation sites is 2. The van der Waals surface area contributed by atoms with Crippen molar-refractivity contribution in [3.05, 3.63) is 83.9 Å². The van der Waals surface area contributed by atoms with Crippen molar-refractivity contribution in [1.82, 2.24) is 0 Å². The number of nitrogens with zero attached hydrogens (tertiary/aromatic N) is 1. The zero-order valence-electron chi connectivity index (χ0n) is 17.1. The minimum absolute atomic E-state index is 0.0925. The quantitative estimate of drug-likeness (QED) is 0.618. The Labute approximate surface area is 177 Å². The van der Waals surface area contributed by atoms with E-state index < -0.39 is 22.5 Å². The van der Waals surface area contributed by atoms with Crippen LogP contribution < -0.4 is 14.4 Å². The molecule has 0 aliphatic heterocycles. The number of anilines is 2. The molecule has 1 N–H and O–H groups in total. The van der Waals surface area contributed by atoms with Crippen molar-refractivity contribution in [3.63, 3.8) is 0 Å². The molecule has 0 heterocycles. The molecule has 0 bridgehead atoms. The fourth-order valence-corrected chi connectivity index (χ4v) is 4.46. The number of methoxy groups -OCH3 is 1. The van der Waals surface area contributed by atoms with E-state index in [1.165, 1.54) is 19.2 Å². The predicted octanol–water partition coefficient (Wildman–Crippen LogP) is 4.15. The number of amides is 1. The Balaban J connectivity index is 1.97. The maximum absolute atomic E-state index is 13.4. The summed E-state index contributed by atoms with van der Waals surface area (Å²) in [6.07, 6.45) is 0. The number of hydrogen-bond acceptors (Lipinski definition) is 4. The number of aryl methyl sites for hydroxylation is 2. The molecule has 3 aromatic rings. The van der Waals surface area contributed by atoms with E-state index >= 15 is 0 Å². The van der Waals surface area contributed by atoms with Gasteiger partial charge in [-0.05, 0) is 61.4 Å². The number of hydrogen-bond donors (Lipinski definition) is 1. The zero-order valence-corrected chi connectivity index (χ0v) is 17.9. The summed E-state index contributed by atoms with van der Waals surface area (Å²) in [5, 5.41) is 2.79. The van der Waals surface area contributed by atoms with Gasteiger partial charge >= 0.3 is 0 Å². The highest BCUT2D eigenvalue weighted by molar-refractivity contribution is 7.92. The SMILES string of the molecule is COc1ccccc1N(CC(=O)Nc1ccc(C)c(C)c1)S(=O)(=O)c1ccccc1. The van der Waals surface area contributed by atoms with Crippen LogP contribution in [0.4, 0.5) is 11.4 Å². The lowest BCUT2D eigenvalue weighted by Gasteiger charge is -2.25. The van der Waals surface area contributed by atoms with Crippen molar-refractivity contribution in [2.45, 2.75) is 18.7 Å². The Morgan fingerprint density at radius 2 is 1.60 bits per heavy atom. The first-order valence-corrected chi connectivity index (χ1v) is 10.8. The molecule has 0 saturated heterocycles. The van der Waals surface area contributed by atoms with Gasteiger partial charge in [-0.2, -0.15) is 0 Å². The third kappa shape index (κ3) is 4.63. The van der Waals surface area contributed by atoms with E-state index in [1.54, 1.807) is 48.5 Å². The minimum Gasteiger partial charge on any atom is -0.495 e. The lowest BCUT2D eigenvalue weighted by Crippen LogP contribution is -2.38. The number of ether oxygens (including phenoxy) is 1. The Bertz CT molecular complexity index is 1140. The maximum Gasteiger partial charge on any atom is 0.264 e. The number of sulfonamides is 1. The first-order chi connectivity index (χ1) is 14.3. The molecule has 6 nitrogen and oxygen atoms in total. The predicted molar refractivity (Wildman–Crippen MR) is 119 cm³/mol. The van der Waals surface area contributed by atoms with Gasteiger partial charge in [0.2, 0.25) is 5.91 Å². The van der Waals surface area contributed by atoms with Crippen molar-refractivity contribution in [2.24, 2.45) is 0 Å². The highest BCUT2D eigenvalue weighted by Crippen LogP contribution is 2.32. The van der Waals surface area contributed by atoms with Crippen LogP contribution >= 0.6 is 0 Å². The molecule has 0 unspecified atom stereocenters. The van der Waals surface area contributed by atoms with Gasteiger partial charge in [0.1, 0.15) is 12.3 Å². The Hall–Kier alpha value is -3.32. The fraction of sp³-hybridized carbons (Fsp3) is 0.174. The normalized spacial score (nSPS) is 11.0. The molecular weight excluding hydrogens is 400 g/mol. The standard InChI is InChI=1S/C23H24N2O4S/c1-17-13-14-19(15-18(17)2)24-23(26)16-25(21-11-7-8-12-22(21)29-3)30(27,28)20-9-5-4-6-10-20/h4-15H,16H2,1-3H3,(H,24,26). The number of rotatable bonds is 7. The summed E-state index contributed by atoms with van der Waals surface area (Å²) in [6, 6.07) is 20.3. The van der Waals surface area contributed by atoms with E-state index in [0.717, 1.165) is 15.4 Å². The monoisotopic (exact) mass is 424 g/mol. The molecule has 0 fully saturated rings. The van der Waals surface area contributed by atoms with E-state index in [1.807, 2.05) is 26.0 Å². The largest absolute Gasteiger partial charge is 0.495 e. The molecule has 1 amide bonds. The summed E-state index contributed by atoms with van der Waals surface area (Å²) in [6.45, 7) is 3.54. The van der Waals surface area contributed by atoms with Crippen molar-refractivity contribution >= 4 is 27.3 Å². The van der Waals surface area contributed by atoms with Crippen LogP contribution in [-0.2, 0) is 14.8 Å². The van der Waals surface area contributed by atoms with Gasteiger partial charge in [0, 0.05) is 5.69 Å². The average Bonchev–Trinajstić information content (AvgIpc) is 2.75. The van der Waals surface area contributed by atoms with E-state index in [-0.39, 0.29) is 4.90 Å². The summed E-state index contributed by atoms with van der Waals surface area (Å²) >= 11 is 0. The number of carbonyl (C=O) groups excluding carboxylic acids is 1. The third-order valence-corrected chi connectivity index (χ3v) is 6.54. The molecular formula is C23H24N2O4S. The van der Waals surface area contributed by atoms with Crippen LogP contribution in [0.5, 0.6) is 5.75 Å². The van der Waals surface area contributed by atoms with Crippen molar-refractivity contribution < 1.29 is 17.9 Å². The van der Waals surface area contributed by atoms with Gasteiger partial charge in [0.05, 0.1) is 17.7 Å². The molecule has 0 saturated carbocycles. The Kier molecular flexibility index (Phi) is 6.42. The zero-order chi connectivity index (χ0) is 21.7. The van der Waals surface area contributed by atoms with Gasteiger partial charge in [0.25, 0.3) is 10.0 Å². The first kappa shape index (κ1) is 21.4. The molecule has 3 rings (SSSR count). The molecule has 0 aliphatic rings. The van der Waals surface area contributed by atoms with E-state index in [9.17, 15) is 13.2 Å². The lowest BCUT2D eigenvalue weighted by molar-refractivity contribution is -0.114. The van der Waals surface area contributed by atoms with Crippen LogP contribution in [-0.4, -0.2) is 28.0 Å². The minimum atomic E-state index is -4.00. The molecule has 0 aliphatic carbocycles. The van der Waals surface area contributed by atoms with E-state index in [4.69, 9.17) is 4.74 Å². The van der Waals surface area contributed by atoms with Crippen LogP contribution in [0.2, 0.25) is 0 Å². The van der Waals surface area contributed by atoms with Gasteiger partial charge in [0.15, 0.2) is 0 Å². The van der Waals surface area contributed by atoms with E-state index in [2.05, 4.69) is 5.32 Å². The van der Waals surface area contributed by atoms with Gasteiger partial charge in [-0.15, -0.1) is 0 Å². The Morgan fingerprint density at radius 1 is 0.933 bits per heavy atom. The van der Waals surface area contributed by atoms with Crippen LogP contribution in [0.3, 0.4) is 0 Å². The van der Waals surface area contributed by atoms with Gasteiger partial charge in [-0.3, -0.25) is 9.10 Å². The summed E-state index contributed by atoms with van der Waals surface area (Å²) in [4.78, 5) is 12.9. The summed E-state index contributed by atoms with van der Waals surface area (Å²) < 4.78 is 33.2. The first-order valence-electron chi connectivity index (χ1n) is 9.41. The van der Waals surface area contributed by atoms with Crippen LogP contribution in [0.1, 0.15) is 11.1 Å². The molecule has 0 spiro atoms. The molecule has 30 heavy (non-hydrogen) atoms. The average molecular weight is 425 g/mol. The lowest BCUT2D eigenvalue weighted by atomic mass is 10.1. The number of nitrogens with one attached hydrogen (secondary N) is 1. The highest BCUT2D eigenvalue weighted by Gasteiger charge is 2.29. The molecule has 7 heteroatoms. The second kappa shape index (κ2) is 9.00. The van der Waals surface area contributed by atoms with Crippen molar-refractivity contribution in [3.8, 4) is 5.75 Å². The van der Waals surface area contributed by atoms with Crippen LogP contribution in [0.25, 0.3) is 0 Å². The number of carbonyl (C=O) groups is 1. The second-order valence-corrected chi connectivity index (χ2v) is 8.71. The van der Waals surface area contributed by atoms with Gasteiger partial charge in [-0.25, -0.2) is 8.42 Å². The molecule has 156 valence electrons. The van der Waals surface area contributed by atoms with Crippen molar-refractivity contribution in [1.29, 1.82) is 0 Å². The molecule has 3 aromatic carbocycles. The highest BCUT2D eigenvalue weighted by atomic mass is 32.2. The van der Waals surface area contributed by atoms with Crippen molar-refractivity contribution in [2.75, 3.05) is 23.3 Å². The van der Waals surface area contributed by atoms with Gasteiger partial charge in [-0.1, -0.05) is 36.4 Å². The fourth-order valence-electron chi connectivity index (χ4n) is 3.01. The number of benzene rings is 3. The van der Waals surface area contributed by atoms with Crippen LogP contribution in [0.15, 0.2) is 77.7 Å². The summed E-state index contributed by atoms with van der Waals surface area (Å²) in [5.41, 5.74) is 3.04. The topological polar surface area (TPSA) is 75.7 Å².